The average molecular weight is 327 g/mol. The Kier molecular flexibility index (Phi) is 6.99. The second-order valence-electron chi connectivity index (χ2n) is 4.66. The van der Waals surface area contributed by atoms with Gasteiger partial charge in [0.15, 0.2) is 0 Å². The lowest BCUT2D eigenvalue weighted by Crippen LogP contribution is -2.27. The first-order valence-electron chi connectivity index (χ1n) is 6.68. The van der Waals surface area contributed by atoms with Crippen LogP contribution in [0, 0.1) is 12.3 Å². The van der Waals surface area contributed by atoms with Crippen LogP contribution in [0.3, 0.4) is 0 Å². The number of carbonyl (C=O) groups is 1. The highest BCUT2D eigenvalue weighted by Gasteiger charge is 2.23. The number of amides is 1. The minimum absolute atomic E-state index is 0. The highest BCUT2D eigenvalue weighted by atomic mass is 35.5. The molecule has 0 aromatic heterocycles. The number of aliphatic hydroxyl groups is 1. The van der Waals surface area contributed by atoms with Gasteiger partial charge in [0.2, 0.25) is 5.91 Å². The molecule has 2 rings (SSSR count). The Morgan fingerprint density at radius 2 is 2.09 bits per heavy atom. The second-order valence-corrected chi connectivity index (χ2v) is 4.66. The summed E-state index contributed by atoms with van der Waals surface area (Å²) in [5, 5.41) is 12.2. The zero-order valence-electron chi connectivity index (χ0n) is 12.0. The van der Waals surface area contributed by atoms with Gasteiger partial charge in [0.05, 0.1) is 5.69 Å². The predicted octanol–water partition coefficient (Wildman–Crippen LogP) is 0.704. The summed E-state index contributed by atoms with van der Waals surface area (Å²) in [6, 6.07) is 3.43. The van der Waals surface area contributed by atoms with E-state index in [1.54, 1.807) is 12.1 Å². The van der Waals surface area contributed by atoms with E-state index < -0.39 is 6.10 Å². The van der Waals surface area contributed by atoms with E-state index in [1.165, 1.54) is 0 Å². The van der Waals surface area contributed by atoms with Gasteiger partial charge in [-0.15, -0.1) is 18.8 Å². The second kappa shape index (κ2) is 8.49. The van der Waals surface area contributed by atoms with Crippen LogP contribution < -0.4 is 20.5 Å². The van der Waals surface area contributed by atoms with Crippen LogP contribution in [0.1, 0.15) is 12.0 Å². The molecule has 1 amide bonds. The fourth-order valence-electron chi connectivity index (χ4n) is 2.06. The molecule has 4 N–H and O–H groups in total. The topological polar surface area (TPSA) is 93.8 Å². The van der Waals surface area contributed by atoms with Crippen molar-refractivity contribution in [1.82, 2.24) is 0 Å². The van der Waals surface area contributed by atoms with Gasteiger partial charge in [-0.3, -0.25) is 4.79 Å². The first kappa shape index (κ1) is 18.1. The number of fused-ring (bicyclic) bond motifs is 1. The third-order valence-corrected chi connectivity index (χ3v) is 3.11. The van der Waals surface area contributed by atoms with E-state index in [0.29, 0.717) is 30.0 Å². The van der Waals surface area contributed by atoms with Crippen LogP contribution >= 0.6 is 12.4 Å². The van der Waals surface area contributed by atoms with E-state index in [1.807, 2.05) is 0 Å². The summed E-state index contributed by atoms with van der Waals surface area (Å²) in [5.74, 6) is 3.43. The van der Waals surface area contributed by atoms with Gasteiger partial charge in [-0.1, -0.05) is 5.92 Å². The number of aliphatic hydroxyl groups excluding tert-OH is 1. The summed E-state index contributed by atoms with van der Waals surface area (Å²) >= 11 is 0. The fourth-order valence-corrected chi connectivity index (χ4v) is 2.06. The molecular formula is C15H19ClN2O4. The van der Waals surface area contributed by atoms with Crippen molar-refractivity contribution in [3.63, 3.8) is 0 Å². The third kappa shape index (κ3) is 4.28. The molecule has 120 valence electrons. The average Bonchev–Trinajstić information content (AvgIpc) is 2.50. The van der Waals surface area contributed by atoms with Crippen molar-refractivity contribution in [3.8, 4) is 23.8 Å². The largest absolute Gasteiger partial charge is 0.490 e. The maximum Gasteiger partial charge on any atom is 0.224 e. The Labute approximate surface area is 135 Å². The lowest BCUT2D eigenvalue weighted by atomic mass is 10.0. The lowest BCUT2D eigenvalue weighted by molar-refractivity contribution is -0.116. The van der Waals surface area contributed by atoms with Crippen molar-refractivity contribution in [2.75, 3.05) is 25.1 Å². The van der Waals surface area contributed by atoms with Gasteiger partial charge in [-0.25, -0.2) is 0 Å². The van der Waals surface area contributed by atoms with Crippen LogP contribution in [-0.2, 0) is 11.2 Å². The van der Waals surface area contributed by atoms with Gasteiger partial charge in [-0.05, 0) is 18.6 Å². The van der Waals surface area contributed by atoms with Crippen molar-refractivity contribution in [2.45, 2.75) is 18.9 Å². The molecular weight excluding hydrogens is 308 g/mol. The SMILES string of the molecule is C#CCOc1ccc(OCC(O)CN)c2c1NC(=O)CC2.Cl. The van der Waals surface area contributed by atoms with E-state index in [2.05, 4.69) is 11.2 Å². The normalized spacial score (nSPS) is 14.0. The maximum atomic E-state index is 11.6. The van der Waals surface area contributed by atoms with Gasteiger partial charge in [0.1, 0.15) is 30.8 Å². The van der Waals surface area contributed by atoms with E-state index in [9.17, 15) is 9.90 Å². The fraction of sp³-hybridized carbons (Fsp3) is 0.400. The summed E-state index contributed by atoms with van der Waals surface area (Å²) in [5.41, 5.74) is 6.77. The minimum Gasteiger partial charge on any atom is -0.490 e. The summed E-state index contributed by atoms with van der Waals surface area (Å²) < 4.78 is 11.0. The molecule has 0 saturated carbocycles. The number of halogens is 1. The van der Waals surface area contributed by atoms with Crippen molar-refractivity contribution >= 4 is 24.0 Å². The number of rotatable bonds is 6. The molecule has 0 bridgehead atoms. The van der Waals surface area contributed by atoms with Crippen LogP contribution in [0.2, 0.25) is 0 Å². The quantitative estimate of drug-likeness (QED) is 0.669. The number of hydrogen-bond donors (Lipinski definition) is 3. The molecule has 0 aliphatic carbocycles. The number of nitrogens with two attached hydrogens (primary N) is 1. The van der Waals surface area contributed by atoms with Gasteiger partial charge in [-0.2, -0.15) is 0 Å². The standard InChI is InChI=1S/C15H18N2O4.ClH/c1-2-7-20-13-5-4-12(21-9-10(18)8-16)11-3-6-14(19)17-15(11)13;/h1,4-5,10,18H,3,6-9,16H2,(H,17,19);1H. The van der Waals surface area contributed by atoms with Crippen LogP contribution in [0.15, 0.2) is 12.1 Å². The number of nitrogens with one attached hydrogen (secondary N) is 1. The van der Waals surface area contributed by atoms with Crippen molar-refractivity contribution in [1.29, 1.82) is 0 Å². The predicted molar refractivity (Wildman–Crippen MR) is 85.5 cm³/mol. The Morgan fingerprint density at radius 1 is 1.36 bits per heavy atom. The third-order valence-electron chi connectivity index (χ3n) is 3.11. The molecule has 6 nitrogen and oxygen atoms in total. The highest BCUT2D eigenvalue weighted by molar-refractivity contribution is 5.96. The summed E-state index contributed by atoms with van der Waals surface area (Å²) in [6.45, 7) is 0.345. The Morgan fingerprint density at radius 3 is 2.77 bits per heavy atom. The van der Waals surface area contributed by atoms with E-state index in [0.717, 1.165) is 5.56 Å². The molecule has 1 aromatic carbocycles. The number of benzene rings is 1. The first-order valence-corrected chi connectivity index (χ1v) is 6.68. The lowest BCUT2D eigenvalue weighted by Gasteiger charge is -2.23. The zero-order chi connectivity index (χ0) is 15.2. The molecule has 7 heteroatoms. The Bertz CT molecular complexity index is 571. The number of ether oxygens (including phenoxy) is 2. The molecule has 0 radical (unpaired) electrons. The van der Waals surface area contributed by atoms with E-state index in [-0.39, 0.29) is 38.1 Å². The Hall–Kier alpha value is -1.94. The maximum absolute atomic E-state index is 11.6. The summed E-state index contributed by atoms with van der Waals surface area (Å²) in [4.78, 5) is 11.6. The molecule has 1 unspecified atom stereocenters. The van der Waals surface area contributed by atoms with E-state index in [4.69, 9.17) is 21.6 Å². The summed E-state index contributed by atoms with van der Waals surface area (Å²) in [6.07, 6.45) is 5.37. The van der Waals surface area contributed by atoms with Crippen LogP contribution in [0.5, 0.6) is 11.5 Å². The van der Waals surface area contributed by atoms with Crippen LogP contribution in [-0.4, -0.2) is 36.9 Å². The molecule has 1 atom stereocenters. The minimum atomic E-state index is -0.726. The number of terminal acetylenes is 1. The monoisotopic (exact) mass is 326 g/mol. The Balaban J connectivity index is 0.00000242. The molecule has 0 saturated heterocycles. The van der Waals surface area contributed by atoms with Gasteiger partial charge in [0.25, 0.3) is 0 Å². The van der Waals surface area contributed by atoms with Crippen LogP contribution in [0.25, 0.3) is 0 Å². The molecule has 1 aliphatic rings. The molecule has 1 aromatic rings. The van der Waals surface area contributed by atoms with Crippen molar-refractivity contribution in [2.24, 2.45) is 5.73 Å². The summed E-state index contributed by atoms with van der Waals surface area (Å²) in [7, 11) is 0. The van der Waals surface area contributed by atoms with Gasteiger partial charge >= 0.3 is 0 Å². The molecule has 0 spiro atoms. The zero-order valence-corrected chi connectivity index (χ0v) is 12.8. The van der Waals surface area contributed by atoms with E-state index >= 15 is 0 Å². The van der Waals surface area contributed by atoms with Crippen molar-refractivity contribution < 1.29 is 19.4 Å². The first-order chi connectivity index (χ1) is 10.2. The molecule has 1 aliphatic heterocycles. The van der Waals surface area contributed by atoms with Gasteiger partial charge in [0, 0.05) is 18.5 Å². The molecule has 22 heavy (non-hydrogen) atoms. The molecule has 0 fully saturated rings. The number of hydrogen-bond acceptors (Lipinski definition) is 5. The van der Waals surface area contributed by atoms with Crippen LogP contribution in [0.4, 0.5) is 5.69 Å². The molecule has 1 heterocycles. The number of anilines is 1. The number of carbonyl (C=O) groups excluding carboxylic acids is 1. The van der Waals surface area contributed by atoms with Gasteiger partial charge < -0.3 is 25.6 Å². The van der Waals surface area contributed by atoms with Crippen molar-refractivity contribution in [3.05, 3.63) is 17.7 Å². The highest BCUT2D eigenvalue weighted by Crippen LogP contribution is 2.38. The smallest absolute Gasteiger partial charge is 0.224 e.